The Morgan fingerprint density at radius 1 is 1.38 bits per heavy atom. The van der Waals surface area contributed by atoms with Gasteiger partial charge in [-0.05, 0) is 18.6 Å². The summed E-state index contributed by atoms with van der Waals surface area (Å²) in [7, 11) is 1.67. The van der Waals surface area contributed by atoms with Crippen molar-refractivity contribution in [2.45, 2.75) is 19.0 Å². The molecule has 1 unspecified atom stereocenters. The van der Waals surface area contributed by atoms with Gasteiger partial charge in [0.05, 0.1) is 6.54 Å². The van der Waals surface area contributed by atoms with Crippen LogP contribution in [-0.4, -0.2) is 37.3 Å². The molecule has 1 fully saturated rings. The fourth-order valence-corrected chi connectivity index (χ4v) is 2.76. The SMILES string of the molecule is CN=C(NCc1ccon1)NC1CCN(c2c(F)cccc2F)C1. The highest BCUT2D eigenvalue weighted by atomic mass is 19.1. The zero-order chi connectivity index (χ0) is 16.9. The van der Waals surface area contributed by atoms with Crippen LogP contribution in [0.4, 0.5) is 14.5 Å². The lowest BCUT2D eigenvalue weighted by molar-refractivity contribution is 0.410. The molecule has 0 bridgehead atoms. The van der Waals surface area contributed by atoms with Crippen molar-refractivity contribution in [2.75, 3.05) is 25.0 Å². The van der Waals surface area contributed by atoms with Crippen molar-refractivity contribution in [2.24, 2.45) is 4.99 Å². The van der Waals surface area contributed by atoms with E-state index in [0.29, 0.717) is 25.6 Å². The minimum absolute atomic E-state index is 0.0346. The number of halogens is 2. The van der Waals surface area contributed by atoms with Gasteiger partial charge in [-0.3, -0.25) is 4.99 Å². The Balaban J connectivity index is 1.57. The zero-order valence-electron chi connectivity index (χ0n) is 13.3. The van der Waals surface area contributed by atoms with E-state index in [-0.39, 0.29) is 11.7 Å². The molecule has 0 radical (unpaired) electrons. The first-order valence-electron chi connectivity index (χ1n) is 7.73. The average molecular weight is 335 g/mol. The van der Waals surface area contributed by atoms with Crippen LogP contribution in [-0.2, 0) is 6.54 Å². The van der Waals surface area contributed by atoms with Crippen LogP contribution in [0.25, 0.3) is 0 Å². The monoisotopic (exact) mass is 335 g/mol. The van der Waals surface area contributed by atoms with Gasteiger partial charge in [0, 0.05) is 32.2 Å². The topological polar surface area (TPSA) is 65.7 Å². The van der Waals surface area contributed by atoms with Gasteiger partial charge in [-0.2, -0.15) is 0 Å². The highest BCUT2D eigenvalue weighted by molar-refractivity contribution is 5.80. The molecule has 128 valence electrons. The second-order valence-corrected chi connectivity index (χ2v) is 5.56. The predicted octanol–water partition coefficient (Wildman–Crippen LogP) is 1.90. The number of aliphatic imine (C=N–C) groups is 1. The van der Waals surface area contributed by atoms with Crippen LogP contribution in [0.3, 0.4) is 0 Å². The third-order valence-electron chi connectivity index (χ3n) is 3.93. The molecule has 1 atom stereocenters. The first-order chi connectivity index (χ1) is 11.7. The Bertz CT molecular complexity index is 684. The molecule has 1 saturated heterocycles. The molecule has 0 saturated carbocycles. The fraction of sp³-hybridized carbons (Fsp3) is 0.375. The number of rotatable bonds is 4. The molecule has 1 aliphatic rings. The van der Waals surface area contributed by atoms with E-state index in [1.165, 1.54) is 24.5 Å². The average Bonchev–Trinajstić information content (AvgIpc) is 3.23. The molecule has 1 aromatic heterocycles. The molecule has 6 nitrogen and oxygen atoms in total. The van der Waals surface area contributed by atoms with Gasteiger partial charge in [-0.25, -0.2) is 8.78 Å². The van der Waals surface area contributed by atoms with Crippen LogP contribution in [0.5, 0.6) is 0 Å². The number of aromatic nitrogens is 1. The number of nitrogens with zero attached hydrogens (tertiary/aromatic N) is 3. The zero-order valence-corrected chi connectivity index (χ0v) is 13.3. The molecule has 2 heterocycles. The second-order valence-electron chi connectivity index (χ2n) is 5.56. The van der Waals surface area contributed by atoms with Crippen LogP contribution in [0.2, 0.25) is 0 Å². The molecule has 0 spiro atoms. The molecule has 1 aromatic carbocycles. The Labute approximate surface area is 138 Å². The van der Waals surface area contributed by atoms with E-state index in [9.17, 15) is 8.78 Å². The van der Waals surface area contributed by atoms with E-state index in [0.717, 1.165) is 12.1 Å². The van der Waals surface area contributed by atoms with Crippen molar-refractivity contribution in [1.82, 2.24) is 15.8 Å². The van der Waals surface area contributed by atoms with Gasteiger partial charge in [0.15, 0.2) is 5.96 Å². The van der Waals surface area contributed by atoms with Gasteiger partial charge in [0.1, 0.15) is 29.3 Å². The molecule has 24 heavy (non-hydrogen) atoms. The van der Waals surface area contributed by atoms with Gasteiger partial charge in [-0.1, -0.05) is 11.2 Å². The highest BCUT2D eigenvalue weighted by Gasteiger charge is 2.27. The summed E-state index contributed by atoms with van der Waals surface area (Å²) < 4.78 is 32.5. The molecular formula is C16H19F2N5O. The first kappa shape index (κ1) is 16.2. The molecule has 8 heteroatoms. The number of hydrogen-bond donors (Lipinski definition) is 2. The number of anilines is 1. The van der Waals surface area contributed by atoms with E-state index >= 15 is 0 Å². The van der Waals surface area contributed by atoms with Crippen LogP contribution in [0.1, 0.15) is 12.1 Å². The molecule has 2 N–H and O–H groups in total. The maximum atomic E-state index is 13.9. The summed E-state index contributed by atoms with van der Waals surface area (Å²) in [4.78, 5) is 5.87. The first-order valence-corrected chi connectivity index (χ1v) is 7.73. The minimum Gasteiger partial charge on any atom is -0.365 e. The van der Waals surface area contributed by atoms with Crippen LogP contribution in [0, 0.1) is 11.6 Å². The summed E-state index contributed by atoms with van der Waals surface area (Å²) in [5, 5.41) is 10.2. The van der Waals surface area contributed by atoms with Crippen molar-refractivity contribution < 1.29 is 13.3 Å². The number of nitrogens with one attached hydrogen (secondary N) is 2. The van der Waals surface area contributed by atoms with E-state index in [1.54, 1.807) is 18.0 Å². The van der Waals surface area contributed by atoms with Crippen molar-refractivity contribution in [1.29, 1.82) is 0 Å². The van der Waals surface area contributed by atoms with E-state index < -0.39 is 11.6 Å². The summed E-state index contributed by atoms with van der Waals surface area (Å²) >= 11 is 0. The van der Waals surface area contributed by atoms with Crippen LogP contribution in [0.15, 0.2) is 40.0 Å². The molecule has 0 amide bonds. The fourth-order valence-electron chi connectivity index (χ4n) is 2.76. The van der Waals surface area contributed by atoms with Crippen molar-refractivity contribution in [3.05, 3.63) is 47.9 Å². The minimum atomic E-state index is -0.538. The molecule has 3 rings (SSSR count). The van der Waals surface area contributed by atoms with Gasteiger partial charge < -0.3 is 20.1 Å². The quantitative estimate of drug-likeness (QED) is 0.660. The lowest BCUT2D eigenvalue weighted by Crippen LogP contribution is -2.44. The number of guanidine groups is 1. The number of para-hydroxylation sites is 1. The second kappa shape index (κ2) is 7.29. The third kappa shape index (κ3) is 3.64. The lowest BCUT2D eigenvalue weighted by Gasteiger charge is -2.21. The predicted molar refractivity (Wildman–Crippen MR) is 86.8 cm³/mol. The molecular weight excluding hydrogens is 316 g/mol. The van der Waals surface area contributed by atoms with Crippen molar-refractivity contribution in [3.63, 3.8) is 0 Å². The van der Waals surface area contributed by atoms with Gasteiger partial charge in [0.25, 0.3) is 0 Å². The Morgan fingerprint density at radius 2 is 2.17 bits per heavy atom. The van der Waals surface area contributed by atoms with Crippen LogP contribution >= 0.6 is 0 Å². The molecule has 2 aromatic rings. The number of hydrogen-bond acceptors (Lipinski definition) is 4. The van der Waals surface area contributed by atoms with Gasteiger partial charge >= 0.3 is 0 Å². The summed E-state index contributed by atoms with van der Waals surface area (Å²) in [6.45, 7) is 1.56. The maximum Gasteiger partial charge on any atom is 0.191 e. The summed E-state index contributed by atoms with van der Waals surface area (Å²) in [5.74, 6) is -0.466. The largest absolute Gasteiger partial charge is 0.365 e. The van der Waals surface area contributed by atoms with E-state index in [2.05, 4.69) is 20.8 Å². The smallest absolute Gasteiger partial charge is 0.191 e. The summed E-state index contributed by atoms with van der Waals surface area (Å²) in [6.07, 6.45) is 2.27. The summed E-state index contributed by atoms with van der Waals surface area (Å²) in [5.41, 5.74) is 0.798. The normalized spacial score (nSPS) is 18.0. The van der Waals surface area contributed by atoms with Crippen molar-refractivity contribution in [3.8, 4) is 0 Å². The van der Waals surface area contributed by atoms with Gasteiger partial charge in [0.2, 0.25) is 0 Å². The molecule has 0 aliphatic carbocycles. The molecule has 1 aliphatic heterocycles. The van der Waals surface area contributed by atoms with E-state index in [1.807, 2.05) is 0 Å². The lowest BCUT2D eigenvalue weighted by atomic mass is 10.2. The maximum absolute atomic E-state index is 13.9. The standard InChI is InChI=1S/C16H19F2N5O/c1-19-16(20-9-11-6-8-24-22-11)21-12-5-7-23(10-12)15-13(17)3-2-4-14(15)18/h2-4,6,8,12H,5,7,9-10H2,1H3,(H2,19,20,21). The van der Waals surface area contributed by atoms with Crippen molar-refractivity contribution >= 4 is 11.6 Å². The van der Waals surface area contributed by atoms with Crippen LogP contribution < -0.4 is 15.5 Å². The third-order valence-corrected chi connectivity index (χ3v) is 3.93. The highest BCUT2D eigenvalue weighted by Crippen LogP contribution is 2.26. The number of benzene rings is 1. The Kier molecular flexibility index (Phi) is 4.93. The Hall–Kier alpha value is -2.64. The Morgan fingerprint density at radius 3 is 2.83 bits per heavy atom. The summed E-state index contributed by atoms with van der Waals surface area (Å²) in [6, 6.07) is 5.73. The van der Waals surface area contributed by atoms with E-state index in [4.69, 9.17) is 4.52 Å². The van der Waals surface area contributed by atoms with Gasteiger partial charge in [-0.15, -0.1) is 0 Å².